The van der Waals surface area contributed by atoms with Crippen LogP contribution >= 0.6 is 0 Å². The molecule has 29 heavy (non-hydrogen) atoms. The van der Waals surface area contributed by atoms with Crippen molar-refractivity contribution in [2.45, 2.75) is 6.92 Å². The zero-order valence-corrected chi connectivity index (χ0v) is 15.9. The lowest BCUT2D eigenvalue weighted by molar-refractivity contribution is 0.0738. The topological polar surface area (TPSA) is 97.3 Å². The first kappa shape index (κ1) is 17.3. The standard InChI is InChI=1S/C19H19N9O/c1-14-18(27-7-3-2-4-15(27)22-14)19(29)26-10-8-25(9-11-26)16-5-6-17(24-23-16)28-13-20-12-21-28/h2-7,12-13H,8-11H2,1H3. The number of fused-ring (bicyclic) bond motifs is 1. The normalized spacial score (nSPS) is 14.5. The Labute approximate surface area is 166 Å². The van der Waals surface area contributed by atoms with Crippen LogP contribution in [0.15, 0.2) is 49.2 Å². The second-order valence-electron chi connectivity index (χ2n) is 6.84. The summed E-state index contributed by atoms with van der Waals surface area (Å²) in [4.78, 5) is 25.5. The summed E-state index contributed by atoms with van der Waals surface area (Å²) < 4.78 is 3.42. The van der Waals surface area contributed by atoms with E-state index in [0.717, 1.165) is 17.2 Å². The number of amides is 1. The largest absolute Gasteiger partial charge is 0.352 e. The van der Waals surface area contributed by atoms with Crippen molar-refractivity contribution in [3.05, 3.63) is 60.6 Å². The third-order valence-corrected chi connectivity index (χ3v) is 5.09. The number of aromatic nitrogens is 7. The molecule has 146 valence electrons. The average molecular weight is 389 g/mol. The van der Waals surface area contributed by atoms with Crippen molar-refractivity contribution < 1.29 is 4.79 Å². The molecule has 0 aromatic carbocycles. The Morgan fingerprint density at radius 2 is 1.79 bits per heavy atom. The Kier molecular flexibility index (Phi) is 4.15. The molecule has 0 radical (unpaired) electrons. The predicted molar refractivity (Wildman–Crippen MR) is 105 cm³/mol. The van der Waals surface area contributed by atoms with E-state index in [9.17, 15) is 4.79 Å². The minimum Gasteiger partial charge on any atom is -0.352 e. The average Bonchev–Trinajstić information content (AvgIpc) is 3.41. The SMILES string of the molecule is Cc1nc2ccccn2c1C(=O)N1CCN(c2ccc(-n3cncn3)nn2)CC1. The van der Waals surface area contributed by atoms with Crippen molar-refractivity contribution in [1.82, 2.24) is 39.2 Å². The highest BCUT2D eigenvalue weighted by Crippen LogP contribution is 2.18. The number of aryl methyl sites for hydroxylation is 1. The summed E-state index contributed by atoms with van der Waals surface area (Å²) in [6, 6.07) is 9.50. The fraction of sp³-hybridized carbons (Fsp3) is 0.263. The Hall–Kier alpha value is -3.82. The molecule has 0 atom stereocenters. The molecule has 1 amide bonds. The second-order valence-corrected chi connectivity index (χ2v) is 6.84. The molecule has 5 heterocycles. The molecule has 1 fully saturated rings. The minimum absolute atomic E-state index is 0.00784. The number of nitrogens with zero attached hydrogens (tertiary/aromatic N) is 9. The lowest BCUT2D eigenvalue weighted by Gasteiger charge is -2.35. The van der Waals surface area contributed by atoms with Crippen LogP contribution in [0.4, 0.5) is 5.82 Å². The number of piperazine rings is 1. The molecule has 0 N–H and O–H groups in total. The highest BCUT2D eigenvalue weighted by Gasteiger charge is 2.26. The van der Waals surface area contributed by atoms with Gasteiger partial charge in [0.05, 0.1) is 5.69 Å². The van der Waals surface area contributed by atoms with E-state index in [4.69, 9.17) is 0 Å². The number of hydrogen-bond acceptors (Lipinski definition) is 7. The summed E-state index contributed by atoms with van der Waals surface area (Å²) in [6.07, 6.45) is 4.92. The van der Waals surface area contributed by atoms with E-state index in [1.54, 1.807) is 11.0 Å². The fourth-order valence-electron chi connectivity index (χ4n) is 3.60. The number of imidazole rings is 1. The quantitative estimate of drug-likeness (QED) is 0.515. The smallest absolute Gasteiger partial charge is 0.272 e. The molecule has 1 saturated heterocycles. The molecular weight excluding hydrogens is 370 g/mol. The molecule has 1 aliphatic rings. The van der Waals surface area contributed by atoms with Gasteiger partial charge in [0.1, 0.15) is 24.0 Å². The number of hydrogen-bond donors (Lipinski definition) is 0. The van der Waals surface area contributed by atoms with Gasteiger partial charge in [-0.05, 0) is 31.2 Å². The summed E-state index contributed by atoms with van der Waals surface area (Å²) in [6.45, 7) is 4.50. The first-order valence-electron chi connectivity index (χ1n) is 9.37. The maximum atomic E-state index is 13.1. The van der Waals surface area contributed by atoms with Crippen molar-refractivity contribution in [2.24, 2.45) is 0 Å². The van der Waals surface area contributed by atoms with Gasteiger partial charge >= 0.3 is 0 Å². The Bertz CT molecular complexity index is 1140. The minimum atomic E-state index is 0.00784. The molecule has 5 rings (SSSR count). The summed E-state index contributed by atoms with van der Waals surface area (Å²) >= 11 is 0. The highest BCUT2D eigenvalue weighted by atomic mass is 16.2. The lowest BCUT2D eigenvalue weighted by atomic mass is 10.2. The van der Waals surface area contributed by atoms with Gasteiger partial charge in [-0.1, -0.05) is 6.07 Å². The van der Waals surface area contributed by atoms with E-state index in [1.165, 1.54) is 6.33 Å². The third-order valence-electron chi connectivity index (χ3n) is 5.09. The number of pyridine rings is 1. The zero-order chi connectivity index (χ0) is 19.8. The molecule has 10 nitrogen and oxygen atoms in total. The molecule has 0 unspecified atom stereocenters. The first-order chi connectivity index (χ1) is 14.2. The maximum absolute atomic E-state index is 13.1. The predicted octanol–water partition coefficient (Wildman–Crippen LogP) is 0.976. The van der Waals surface area contributed by atoms with Crippen molar-refractivity contribution in [3.63, 3.8) is 0 Å². The van der Waals surface area contributed by atoms with Gasteiger partial charge in [0, 0.05) is 32.4 Å². The van der Waals surface area contributed by atoms with Crippen LogP contribution in [-0.2, 0) is 0 Å². The van der Waals surface area contributed by atoms with Gasteiger partial charge in [0.25, 0.3) is 5.91 Å². The zero-order valence-electron chi connectivity index (χ0n) is 15.9. The monoisotopic (exact) mass is 389 g/mol. The number of carbonyl (C=O) groups excluding carboxylic acids is 1. The Balaban J connectivity index is 1.29. The van der Waals surface area contributed by atoms with E-state index in [-0.39, 0.29) is 5.91 Å². The highest BCUT2D eigenvalue weighted by molar-refractivity contribution is 5.94. The Morgan fingerprint density at radius 1 is 1.00 bits per heavy atom. The fourth-order valence-corrected chi connectivity index (χ4v) is 3.60. The molecule has 0 spiro atoms. The Morgan fingerprint density at radius 3 is 2.52 bits per heavy atom. The van der Waals surface area contributed by atoms with Gasteiger partial charge in [-0.15, -0.1) is 10.2 Å². The van der Waals surface area contributed by atoms with Crippen LogP contribution in [0.3, 0.4) is 0 Å². The van der Waals surface area contributed by atoms with Crippen molar-refractivity contribution in [1.29, 1.82) is 0 Å². The van der Waals surface area contributed by atoms with Gasteiger partial charge in [0.15, 0.2) is 11.6 Å². The van der Waals surface area contributed by atoms with Gasteiger partial charge in [-0.3, -0.25) is 9.20 Å². The second kappa shape index (κ2) is 6.97. The summed E-state index contributed by atoms with van der Waals surface area (Å²) in [5.41, 5.74) is 2.17. The van der Waals surface area contributed by atoms with E-state index >= 15 is 0 Å². The van der Waals surface area contributed by atoms with Crippen molar-refractivity contribution in [2.75, 3.05) is 31.1 Å². The van der Waals surface area contributed by atoms with E-state index in [1.807, 2.05) is 52.8 Å². The van der Waals surface area contributed by atoms with Crippen LogP contribution < -0.4 is 4.90 Å². The molecule has 0 saturated carbocycles. The molecule has 0 aliphatic carbocycles. The van der Waals surface area contributed by atoms with Gasteiger partial charge in [0.2, 0.25) is 0 Å². The van der Waals surface area contributed by atoms with E-state index in [2.05, 4.69) is 30.2 Å². The molecule has 10 heteroatoms. The summed E-state index contributed by atoms with van der Waals surface area (Å²) in [5.74, 6) is 1.41. The molecular formula is C19H19N9O. The van der Waals surface area contributed by atoms with Crippen LogP contribution in [0.5, 0.6) is 0 Å². The maximum Gasteiger partial charge on any atom is 0.272 e. The third kappa shape index (κ3) is 3.08. The molecule has 0 bridgehead atoms. The molecule has 1 aliphatic heterocycles. The summed E-state index contributed by atoms with van der Waals surface area (Å²) in [7, 11) is 0. The number of rotatable bonds is 3. The summed E-state index contributed by atoms with van der Waals surface area (Å²) in [5, 5.41) is 12.6. The van der Waals surface area contributed by atoms with Gasteiger partial charge in [-0.25, -0.2) is 14.6 Å². The van der Waals surface area contributed by atoms with Crippen molar-refractivity contribution >= 4 is 17.4 Å². The van der Waals surface area contributed by atoms with Crippen LogP contribution in [-0.4, -0.2) is 71.3 Å². The van der Waals surface area contributed by atoms with Crippen molar-refractivity contribution in [3.8, 4) is 5.82 Å². The van der Waals surface area contributed by atoms with E-state index in [0.29, 0.717) is 37.7 Å². The lowest BCUT2D eigenvalue weighted by Crippen LogP contribution is -2.49. The molecule has 4 aromatic rings. The van der Waals surface area contributed by atoms with Gasteiger partial charge < -0.3 is 9.80 Å². The van der Waals surface area contributed by atoms with Gasteiger partial charge in [-0.2, -0.15) is 5.10 Å². The van der Waals surface area contributed by atoms with Crippen LogP contribution in [0.2, 0.25) is 0 Å². The van der Waals surface area contributed by atoms with E-state index < -0.39 is 0 Å². The van der Waals surface area contributed by atoms with Crippen LogP contribution in [0.25, 0.3) is 11.5 Å². The number of anilines is 1. The van der Waals surface area contributed by atoms with Crippen LogP contribution in [0, 0.1) is 6.92 Å². The van der Waals surface area contributed by atoms with Crippen LogP contribution in [0.1, 0.15) is 16.2 Å². The first-order valence-corrected chi connectivity index (χ1v) is 9.37. The number of carbonyl (C=O) groups is 1. The molecule has 4 aromatic heterocycles.